The van der Waals surface area contributed by atoms with E-state index in [0.717, 1.165) is 18.9 Å². The van der Waals surface area contributed by atoms with Crippen molar-refractivity contribution in [1.82, 2.24) is 0 Å². The van der Waals surface area contributed by atoms with E-state index in [2.05, 4.69) is 11.7 Å². The van der Waals surface area contributed by atoms with Crippen LogP contribution in [0.3, 0.4) is 0 Å². The number of ketones is 1. The number of allylic oxidation sites excluding steroid dienone is 2. The molecule has 0 spiro atoms. The Labute approximate surface area is 115 Å². The predicted molar refractivity (Wildman–Crippen MR) is 68.6 cm³/mol. The second-order valence-electron chi connectivity index (χ2n) is 4.98. The quantitative estimate of drug-likeness (QED) is 0.763. The summed E-state index contributed by atoms with van der Waals surface area (Å²) in [5, 5.41) is 0. The molecule has 1 aliphatic rings. The van der Waals surface area contributed by atoms with Gasteiger partial charge in [0.05, 0.1) is 5.56 Å². The maximum atomic E-state index is 12.3. The molecule has 1 aromatic rings. The summed E-state index contributed by atoms with van der Waals surface area (Å²) < 4.78 is 40.9. The molecule has 0 saturated carbocycles. The van der Waals surface area contributed by atoms with E-state index in [9.17, 15) is 18.0 Å². The predicted octanol–water partition coefficient (Wildman–Crippen LogP) is 4.51. The zero-order chi connectivity index (χ0) is 14.8. The molecule has 20 heavy (non-hydrogen) atoms. The molecule has 0 aliphatic heterocycles. The molecule has 0 amide bonds. The molecule has 0 heterocycles. The zero-order valence-corrected chi connectivity index (χ0v) is 11.0. The van der Waals surface area contributed by atoms with Gasteiger partial charge >= 0.3 is 6.36 Å². The van der Waals surface area contributed by atoms with Gasteiger partial charge in [-0.15, -0.1) is 13.2 Å². The third kappa shape index (κ3) is 3.62. The number of carbonyl (C=O) groups is 1. The largest absolute Gasteiger partial charge is 0.573 e. The molecule has 0 N–H and O–H groups in total. The maximum absolute atomic E-state index is 12.3. The molecule has 0 saturated heterocycles. The van der Waals surface area contributed by atoms with Crippen LogP contribution in [0.25, 0.3) is 0 Å². The van der Waals surface area contributed by atoms with E-state index in [-0.39, 0.29) is 11.3 Å². The molecule has 2 nitrogen and oxygen atoms in total. The minimum absolute atomic E-state index is 0.0365. The van der Waals surface area contributed by atoms with Crippen molar-refractivity contribution in [2.75, 3.05) is 0 Å². The summed E-state index contributed by atoms with van der Waals surface area (Å²) in [6.45, 7) is 2.08. The average Bonchev–Trinajstić information content (AvgIpc) is 2.37. The van der Waals surface area contributed by atoms with E-state index < -0.39 is 12.1 Å². The smallest absolute Gasteiger partial charge is 0.405 e. The third-order valence-corrected chi connectivity index (χ3v) is 3.32. The van der Waals surface area contributed by atoms with Crippen molar-refractivity contribution in [2.45, 2.75) is 32.5 Å². The Balaban J connectivity index is 2.26. The fourth-order valence-electron chi connectivity index (χ4n) is 2.21. The molecule has 1 unspecified atom stereocenters. The summed E-state index contributed by atoms with van der Waals surface area (Å²) in [4.78, 5) is 12.3. The number of carbonyl (C=O) groups excluding carboxylic acids is 1. The lowest BCUT2D eigenvalue weighted by Crippen LogP contribution is -2.19. The first-order chi connectivity index (χ1) is 9.37. The first-order valence-corrected chi connectivity index (χ1v) is 6.45. The highest BCUT2D eigenvalue weighted by Crippen LogP contribution is 2.31. The topological polar surface area (TPSA) is 26.3 Å². The molecule has 0 fully saturated rings. The molecular weight excluding hydrogens is 269 g/mol. The van der Waals surface area contributed by atoms with Crippen LogP contribution in [0.1, 0.15) is 36.5 Å². The van der Waals surface area contributed by atoms with Gasteiger partial charge in [-0.2, -0.15) is 0 Å². The van der Waals surface area contributed by atoms with Gasteiger partial charge in [-0.3, -0.25) is 4.79 Å². The second-order valence-corrected chi connectivity index (χ2v) is 4.98. The highest BCUT2D eigenvalue weighted by molar-refractivity contribution is 6.10. The first-order valence-electron chi connectivity index (χ1n) is 6.45. The van der Waals surface area contributed by atoms with Gasteiger partial charge in [-0.05, 0) is 42.9 Å². The molecule has 1 aromatic carbocycles. The van der Waals surface area contributed by atoms with Crippen LogP contribution in [0.2, 0.25) is 0 Å². The van der Waals surface area contributed by atoms with Crippen LogP contribution >= 0.6 is 0 Å². The van der Waals surface area contributed by atoms with E-state index in [1.807, 2.05) is 6.08 Å². The van der Waals surface area contributed by atoms with Gasteiger partial charge in [0, 0.05) is 0 Å². The van der Waals surface area contributed by atoms with Crippen LogP contribution in [0.5, 0.6) is 5.75 Å². The lowest BCUT2D eigenvalue weighted by atomic mass is 9.87. The van der Waals surface area contributed by atoms with E-state index in [0.29, 0.717) is 17.9 Å². The van der Waals surface area contributed by atoms with Crippen molar-refractivity contribution in [2.24, 2.45) is 5.92 Å². The van der Waals surface area contributed by atoms with Crippen LogP contribution in [0, 0.1) is 5.92 Å². The Morgan fingerprint density at radius 2 is 2.00 bits per heavy atom. The summed E-state index contributed by atoms with van der Waals surface area (Å²) in [7, 11) is 0. The van der Waals surface area contributed by atoms with Crippen molar-refractivity contribution in [3.8, 4) is 5.75 Å². The number of ether oxygens (including phenoxy) is 1. The Morgan fingerprint density at radius 3 is 2.60 bits per heavy atom. The Kier molecular flexibility index (Phi) is 4.16. The van der Waals surface area contributed by atoms with Gasteiger partial charge in [0.25, 0.3) is 0 Å². The molecule has 2 rings (SSSR count). The van der Waals surface area contributed by atoms with E-state index in [1.165, 1.54) is 18.2 Å². The molecule has 1 aliphatic carbocycles. The molecular formula is C15H15F3O2. The standard InChI is InChI=1S/C15H15F3O2/c1-10-6-8-11(9-7-10)14(19)12-4-2-3-5-13(12)20-15(16,17)18/h2-5,8,10H,6-7,9H2,1H3. The lowest BCUT2D eigenvalue weighted by Gasteiger charge is -2.18. The second kappa shape index (κ2) is 5.69. The van der Waals surface area contributed by atoms with Crippen molar-refractivity contribution >= 4 is 5.78 Å². The monoisotopic (exact) mass is 284 g/mol. The van der Waals surface area contributed by atoms with Crippen LogP contribution in [0.4, 0.5) is 13.2 Å². The number of hydrogen-bond acceptors (Lipinski definition) is 2. The molecule has 0 radical (unpaired) electrons. The molecule has 0 bridgehead atoms. The normalized spacial score (nSPS) is 19.4. The molecule has 5 heteroatoms. The maximum Gasteiger partial charge on any atom is 0.573 e. The van der Waals surface area contributed by atoms with Crippen molar-refractivity contribution in [3.63, 3.8) is 0 Å². The Morgan fingerprint density at radius 1 is 1.30 bits per heavy atom. The Bertz CT molecular complexity index is 532. The number of para-hydroxylation sites is 1. The summed E-state index contributed by atoms with van der Waals surface area (Å²) in [5.41, 5.74) is 0.534. The van der Waals surface area contributed by atoms with Gasteiger partial charge in [0.1, 0.15) is 5.75 Å². The lowest BCUT2D eigenvalue weighted by molar-refractivity contribution is -0.274. The highest BCUT2D eigenvalue weighted by Gasteiger charge is 2.33. The van der Waals surface area contributed by atoms with Gasteiger partial charge < -0.3 is 4.74 Å². The minimum Gasteiger partial charge on any atom is -0.405 e. The van der Waals surface area contributed by atoms with Crippen molar-refractivity contribution in [1.29, 1.82) is 0 Å². The zero-order valence-electron chi connectivity index (χ0n) is 11.0. The Hall–Kier alpha value is -1.78. The van der Waals surface area contributed by atoms with E-state index >= 15 is 0 Å². The number of alkyl halides is 3. The number of halogens is 3. The summed E-state index contributed by atoms with van der Waals surface area (Å²) in [5.74, 6) is -0.311. The van der Waals surface area contributed by atoms with E-state index in [1.54, 1.807) is 0 Å². The minimum atomic E-state index is -4.80. The summed E-state index contributed by atoms with van der Waals surface area (Å²) in [6, 6.07) is 5.46. The number of rotatable bonds is 3. The van der Waals surface area contributed by atoms with Crippen molar-refractivity contribution in [3.05, 3.63) is 41.5 Å². The fourth-order valence-corrected chi connectivity index (χ4v) is 2.21. The number of hydrogen-bond donors (Lipinski definition) is 0. The van der Waals surface area contributed by atoms with Gasteiger partial charge in [0.15, 0.2) is 5.78 Å². The van der Waals surface area contributed by atoms with Gasteiger partial charge in [-0.25, -0.2) is 0 Å². The van der Waals surface area contributed by atoms with Crippen molar-refractivity contribution < 1.29 is 22.7 Å². The van der Waals surface area contributed by atoms with Crippen LogP contribution in [-0.4, -0.2) is 12.1 Å². The van der Waals surface area contributed by atoms with Gasteiger partial charge in [0.2, 0.25) is 0 Å². The molecule has 1 atom stereocenters. The van der Waals surface area contributed by atoms with E-state index in [4.69, 9.17) is 0 Å². The van der Waals surface area contributed by atoms with Crippen LogP contribution in [0.15, 0.2) is 35.9 Å². The number of benzene rings is 1. The SMILES string of the molecule is CC1CC=C(C(=O)c2ccccc2OC(F)(F)F)CC1. The fraction of sp³-hybridized carbons (Fsp3) is 0.400. The van der Waals surface area contributed by atoms with Gasteiger partial charge in [-0.1, -0.05) is 25.1 Å². The average molecular weight is 284 g/mol. The highest BCUT2D eigenvalue weighted by atomic mass is 19.4. The third-order valence-electron chi connectivity index (χ3n) is 3.32. The van der Waals surface area contributed by atoms with Crippen LogP contribution < -0.4 is 4.74 Å². The summed E-state index contributed by atoms with van der Waals surface area (Å²) in [6.07, 6.45) is -0.726. The number of Topliss-reactive ketones (excluding diaryl/α,β-unsaturated/α-hetero) is 1. The molecule has 0 aromatic heterocycles. The van der Waals surface area contributed by atoms with Crippen LogP contribution in [-0.2, 0) is 0 Å². The first kappa shape index (κ1) is 14.6. The molecule has 108 valence electrons. The summed E-state index contributed by atoms with van der Waals surface area (Å²) >= 11 is 0.